The van der Waals surface area contributed by atoms with Gasteiger partial charge in [-0.15, -0.1) is 0 Å². The van der Waals surface area contributed by atoms with Crippen molar-refractivity contribution in [2.45, 2.75) is 52.0 Å². The quantitative estimate of drug-likeness (QED) is 0.879. The lowest BCUT2D eigenvalue weighted by atomic mass is 9.83. The van der Waals surface area contributed by atoms with E-state index in [4.69, 9.17) is 4.42 Å². The lowest BCUT2D eigenvalue weighted by Crippen LogP contribution is -2.31. The van der Waals surface area contributed by atoms with Crippen molar-refractivity contribution in [3.05, 3.63) is 24.1 Å². The van der Waals surface area contributed by atoms with Crippen LogP contribution in [0.5, 0.6) is 0 Å². The molecule has 1 aromatic heterocycles. The number of nitrogens with one attached hydrogen (secondary N) is 1. The Morgan fingerprint density at radius 3 is 3.00 bits per heavy atom. The molecule has 3 nitrogen and oxygen atoms in total. The van der Waals surface area contributed by atoms with Gasteiger partial charge in [-0.2, -0.15) is 0 Å². The average molecular weight is 258 g/mol. The Morgan fingerprint density at radius 1 is 1.32 bits per heavy atom. The maximum absolute atomic E-state index is 5.52. The van der Waals surface area contributed by atoms with Crippen LogP contribution in [-0.2, 0) is 0 Å². The van der Waals surface area contributed by atoms with Crippen molar-refractivity contribution in [1.29, 1.82) is 0 Å². The molecule has 1 heterocycles. The van der Waals surface area contributed by atoms with E-state index in [9.17, 15) is 0 Å². The standard InChI is InChI=1S/C16H22N2O/c1-3-12-6-4-5-7-14(12)18-13-8-9-16-15(10-13)17-11(2)19-16/h8-10,12,14,18H,3-7H2,1-2H3. The first kappa shape index (κ1) is 12.5. The molecule has 3 heteroatoms. The first-order chi connectivity index (χ1) is 9.26. The third-order valence-electron chi connectivity index (χ3n) is 4.28. The summed E-state index contributed by atoms with van der Waals surface area (Å²) in [7, 11) is 0. The Morgan fingerprint density at radius 2 is 2.16 bits per heavy atom. The summed E-state index contributed by atoms with van der Waals surface area (Å²) in [6, 6.07) is 6.84. The molecule has 102 valence electrons. The molecule has 3 rings (SSSR count). The van der Waals surface area contributed by atoms with Gasteiger partial charge in [0.05, 0.1) is 0 Å². The Balaban J connectivity index is 1.79. The Labute approximate surface area is 114 Å². The minimum Gasteiger partial charge on any atom is -0.441 e. The molecule has 1 aliphatic carbocycles. The van der Waals surface area contributed by atoms with Gasteiger partial charge in [0.2, 0.25) is 0 Å². The van der Waals surface area contributed by atoms with Crippen molar-refractivity contribution < 1.29 is 4.42 Å². The largest absolute Gasteiger partial charge is 0.441 e. The van der Waals surface area contributed by atoms with Crippen molar-refractivity contribution in [3.8, 4) is 0 Å². The second kappa shape index (κ2) is 5.24. The number of rotatable bonds is 3. The second-order valence-electron chi connectivity index (χ2n) is 5.62. The first-order valence-corrected chi connectivity index (χ1v) is 7.40. The summed E-state index contributed by atoms with van der Waals surface area (Å²) in [5.74, 6) is 1.54. The molecule has 0 radical (unpaired) electrons. The zero-order valence-electron chi connectivity index (χ0n) is 11.8. The number of fused-ring (bicyclic) bond motifs is 1. The van der Waals surface area contributed by atoms with Gasteiger partial charge in [-0.1, -0.05) is 26.2 Å². The van der Waals surface area contributed by atoms with Crippen LogP contribution in [0.25, 0.3) is 11.1 Å². The normalized spacial score (nSPS) is 23.7. The van der Waals surface area contributed by atoms with Crippen LogP contribution < -0.4 is 5.32 Å². The predicted molar refractivity (Wildman–Crippen MR) is 78.4 cm³/mol. The van der Waals surface area contributed by atoms with Crippen LogP contribution in [0.4, 0.5) is 5.69 Å². The van der Waals surface area contributed by atoms with Gasteiger partial charge in [0, 0.05) is 18.7 Å². The van der Waals surface area contributed by atoms with Gasteiger partial charge in [-0.05, 0) is 37.0 Å². The van der Waals surface area contributed by atoms with E-state index in [0.29, 0.717) is 6.04 Å². The van der Waals surface area contributed by atoms with Gasteiger partial charge >= 0.3 is 0 Å². The maximum Gasteiger partial charge on any atom is 0.192 e. The highest BCUT2D eigenvalue weighted by molar-refractivity contribution is 5.77. The van der Waals surface area contributed by atoms with Crippen molar-refractivity contribution in [3.63, 3.8) is 0 Å². The van der Waals surface area contributed by atoms with Crippen LogP contribution in [0, 0.1) is 12.8 Å². The molecule has 0 spiro atoms. The van der Waals surface area contributed by atoms with E-state index in [1.54, 1.807) is 0 Å². The topological polar surface area (TPSA) is 38.1 Å². The molecule has 0 saturated heterocycles. The highest BCUT2D eigenvalue weighted by Gasteiger charge is 2.23. The third kappa shape index (κ3) is 2.60. The van der Waals surface area contributed by atoms with Crippen LogP contribution in [0.2, 0.25) is 0 Å². The van der Waals surface area contributed by atoms with Crippen LogP contribution in [0.15, 0.2) is 22.6 Å². The number of anilines is 1. The number of nitrogens with zero attached hydrogens (tertiary/aromatic N) is 1. The summed E-state index contributed by atoms with van der Waals surface area (Å²) >= 11 is 0. The van der Waals surface area contributed by atoms with Gasteiger partial charge < -0.3 is 9.73 Å². The molecule has 2 atom stereocenters. The number of hydrogen-bond donors (Lipinski definition) is 1. The summed E-state index contributed by atoms with van der Waals surface area (Å²) in [6.45, 7) is 4.19. The zero-order valence-corrected chi connectivity index (χ0v) is 11.8. The zero-order chi connectivity index (χ0) is 13.2. The fraction of sp³-hybridized carbons (Fsp3) is 0.562. The predicted octanol–water partition coefficient (Wildman–Crippen LogP) is 4.52. The van der Waals surface area contributed by atoms with Crippen molar-refractivity contribution in [1.82, 2.24) is 4.98 Å². The van der Waals surface area contributed by atoms with Crippen LogP contribution >= 0.6 is 0 Å². The monoisotopic (exact) mass is 258 g/mol. The molecular formula is C16H22N2O. The summed E-state index contributed by atoms with van der Waals surface area (Å²) in [5, 5.41) is 3.70. The number of oxazole rings is 1. The molecule has 0 aliphatic heterocycles. The van der Waals surface area contributed by atoms with E-state index in [0.717, 1.165) is 22.9 Å². The van der Waals surface area contributed by atoms with Gasteiger partial charge in [-0.3, -0.25) is 0 Å². The van der Waals surface area contributed by atoms with Gasteiger partial charge in [0.1, 0.15) is 5.52 Å². The van der Waals surface area contributed by atoms with Crippen LogP contribution in [-0.4, -0.2) is 11.0 Å². The summed E-state index contributed by atoms with van der Waals surface area (Å²) in [5.41, 5.74) is 3.00. The molecule has 0 bridgehead atoms. The van der Waals surface area contributed by atoms with Gasteiger partial charge in [0.25, 0.3) is 0 Å². The fourth-order valence-corrected chi connectivity index (χ4v) is 3.23. The minimum atomic E-state index is 0.615. The highest BCUT2D eigenvalue weighted by Crippen LogP contribution is 2.30. The van der Waals surface area contributed by atoms with E-state index in [1.807, 2.05) is 13.0 Å². The molecule has 1 aromatic carbocycles. The molecule has 2 unspecified atom stereocenters. The fourth-order valence-electron chi connectivity index (χ4n) is 3.23. The Bertz CT molecular complexity index is 561. The highest BCUT2D eigenvalue weighted by atomic mass is 16.3. The molecule has 1 fully saturated rings. The van der Waals surface area contributed by atoms with Crippen molar-refractivity contribution in [2.75, 3.05) is 5.32 Å². The first-order valence-electron chi connectivity index (χ1n) is 7.40. The molecule has 0 amide bonds. The Hall–Kier alpha value is -1.51. The lowest BCUT2D eigenvalue weighted by Gasteiger charge is -2.32. The molecule has 19 heavy (non-hydrogen) atoms. The smallest absolute Gasteiger partial charge is 0.192 e. The van der Waals surface area contributed by atoms with E-state index in [2.05, 4.69) is 29.4 Å². The van der Waals surface area contributed by atoms with Crippen molar-refractivity contribution in [2.24, 2.45) is 5.92 Å². The average Bonchev–Trinajstić information content (AvgIpc) is 2.79. The molecular weight excluding hydrogens is 236 g/mol. The lowest BCUT2D eigenvalue weighted by molar-refractivity contribution is 0.317. The third-order valence-corrected chi connectivity index (χ3v) is 4.28. The molecule has 1 aliphatic rings. The summed E-state index contributed by atoms with van der Waals surface area (Å²) in [6.07, 6.45) is 6.65. The van der Waals surface area contributed by atoms with Crippen LogP contribution in [0.1, 0.15) is 44.9 Å². The van der Waals surface area contributed by atoms with E-state index < -0.39 is 0 Å². The maximum atomic E-state index is 5.52. The second-order valence-corrected chi connectivity index (χ2v) is 5.62. The summed E-state index contributed by atoms with van der Waals surface area (Å²) in [4.78, 5) is 4.40. The minimum absolute atomic E-state index is 0.615. The summed E-state index contributed by atoms with van der Waals surface area (Å²) < 4.78 is 5.52. The van der Waals surface area contributed by atoms with E-state index in [1.165, 1.54) is 37.8 Å². The van der Waals surface area contributed by atoms with Gasteiger partial charge in [0.15, 0.2) is 11.5 Å². The Kier molecular flexibility index (Phi) is 3.45. The van der Waals surface area contributed by atoms with E-state index >= 15 is 0 Å². The number of aromatic nitrogens is 1. The molecule has 1 N–H and O–H groups in total. The molecule has 1 saturated carbocycles. The van der Waals surface area contributed by atoms with E-state index in [-0.39, 0.29) is 0 Å². The SMILES string of the molecule is CCC1CCCCC1Nc1ccc2oc(C)nc2c1. The number of benzene rings is 1. The number of aryl methyl sites for hydroxylation is 1. The number of hydrogen-bond acceptors (Lipinski definition) is 3. The molecule has 2 aromatic rings. The van der Waals surface area contributed by atoms with Gasteiger partial charge in [-0.25, -0.2) is 4.98 Å². The van der Waals surface area contributed by atoms with Crippen LogP contribution in [0.3, 0.4) is 0 Å². The van der Waals surface area contributed by atoms with Crippen molar-refractivity contribution >= 4 is 16.8 Å².